The molecule has 0 spiro atoms. The maximum Gasteiger partial charge on any atom is 0.299 e. The fourth-order valence-corrected chi connectivity index (χ4v) is 7.14. The Labute approximate surface area is 81.9 Å². The van der Waals surface area contributed by atoms with Gasteiger partial charge in [-0.05, 0) is 16.6 Å². The molecule has 0 atom stereocenters. The lowest BCUT2D eigenvalue weighted by atomic mass is 10.5. The van der Waals surface area contributed by atoms with Gasteiger partial charge in [-0.2, -0.15) is 0 Å². The van der Waals surface area contributed by atoms with Gasteiger partial charge in [0.25, 0.3) is 8.32 Å². The van der Waals surface area contributed by atoms with E-state index in [-0.39, 0.29) is 0 Å². The van der Waals surface area contributed by atoms with Crippen LogP contribution in [0.1, 0.15) is 41.5 Å². The van der Waals surface area contributed by atoms with Crippen LogP contribution in [0.2, 0.25) is 16.6 Å². The molecule has 4 heteroatoms. The highest BCUT2D eigenvalue weighted by molar-refractivity contribution is 6.77. The fourth-order valence-electron chi connectivity index (χ4n) is 2.38. The standard InChI is InChI=1S/C9H21NO2Si/c1-7(2)13(8(3)4,9(5)6)12-10-11/h7-9H,1-6H3. The van der Waals surface area contributed by atoms with Crippen LogP contribution in [-0.2, 0) is 4.53 Å². The minimum absolute atomic E-state index is 0.421. The van der Waals surface area contributed by atoms with Crippen LogP contribution >= 0.6 is 0 Å². The molecule has 0 bridgehead atoms. The van der Waals surface area contributed by atoms with E-state index in [0.29, 0.717) is 16.6 Å². The maximum absolute atomic E-state index is 10.3. The molecule has 0 saturated carbocycles. The van der Waals surface area contributed by atoms with Gasteiger partial charge < -0.3 is 4.53 Å². The zero-order chi connectivity index (χ0) is 10.6. The fraction of sp³-hybridized carbons (Fsp3) is 1.00. The van der Waals surface area contributed by atoms with E-state index >= 15 is 0 Å². The highest BCUT2D eigenvalue weighted by Gasteiger charge is 2.48. The van der Waals surface area contributed by atoms with Gasteiger partial charge in [0.15, 0.2) is 0 Å². The first kappa shape index (κ1) is 12.6. The summed E-state index contributed by atoms with van der Waals surface area (Å²) in [6.07, 6.45) is 0. The minimum atomic E-state index is -2.01. The van der Waals surface area contributed by atoms with Crippen LogP contribution in [0, 0.1) is 4.91 Å². The predicted molar refractivity (Wildman–Crippen MR) is 57.9 cm³/mol. The van der Waals surface area contributed by atoms with E-state index in [1.54, 1.807) is 0 Å². The molecule has 0 heterocycles. The van der Waals surface area contributed by atoms with Crippen molar-refractivity contribution in [2.75, 3.05) is 0 Å². The van der Waals surface area contributed by atoms with Crippen molar-refractivity contribution in [1.29, 1.82) is 0 Å². The van der Waals surface area contributed by atoms with E-state index in [2.05, 4.69) is 46.9 Å². The van der Waals surface area contributed by atoms with Crippen LogP contribution in [0.5, 0.6) is 0 Å². The summed E-state index contributed by atoms with van der Waals surface area (Å²) in [4.78, 5) is 10.3. The summed E-state index contributed by atoms with van der Waals surface area (Å²) in [5, 5.41) is 2.68. The summed E-state index contributed by atoms with van der Waals surface area (Å²) < 4.78 is 5.22. The first-order valence-corrected chi connectivity index (χ1v) is 7.04. The molecule has 0 amide bonds. The van der Waals surface area contributed by atoms with Crippen molar-refractivity contribution in [2.24, 2.45) is 5.34 Å². The molecule has 78 valence electrons. The van der Waals surface area contributed by atoms with E-state index in [1.165, 1.54) is 0 Å². The Morgan fingerprint density at radius 1 is 0.923 bits per heavy atom. The van der Waals surface area contributed by atoms with Gasteiger partial charge in [0, 0.05) is 0 Å². The average molecular weight is 203 g/mol. The molecular weight excluding hydrogens is 182 g/mol. The van der Waals surface area contributed by atoms with Crippen molar-refractivity contribution in [3.05, 3.63) is 4.91 Å². The summed E-state index contributed by atoms with van der Waals surface area (Å²) in [5.41, 5.74) is 1.26. The van der Waals surface area contributed by atoms with Crippen LogP contribution in [0.25, 0.3) is 0 Å². The minimum Gasteiger partial charge on any atom is -0.423 e. The Morgan fingerprint density at radius 3 is 1.31 bits per heavy atom. The molecular formula is C9H21NO2Si. The maximum atomic E-state index is 10.3. The molecule has 0 fully saturated rings. The molecule has 0 aromatic heterocycles. The van der Waals surface area contributed by atoms with Crippen LogP contribution in [0.3, 0.4) is 0 Å². The lowest BCUT2D eigenvalue weighted by Gasteiger charge is -2.37. The molecule has 0 aliphatic carbocycles. The first-order chi connectivity index (χ1) is 5.89. The van der Waals surface area contributed by atoms with Gasteiger partial charge in [0.2, 0.25) is 0 Å². The molecule has 3 nitrogen and oxygen atoms in total. The number of nitrogens with zero attached hydrogens (tertiary/aromatic N) is 1. The van der Waals surface area contributed by atoms with Crippen molar-refractivity contribution < 1.29 is 4.53 Å². The Morgan fingerprint density at radius 2 is 1.23 bits per heavy atom. The Balaban J connectivity index is 4.92. The van der Waals surface area contributed by atoms with E-state index in [9.17, 15) is 4.91 Å². The second kappa shape index (κ2) is 4.74. The zero-order valence-electron chi connectivity index (χ0n) is 9.50. The average Bonchev–Trinajstić information content (AvgIpc) is 1.97. The number of hydrogen-bond acceptors (Lipinski definition) is 3. The number of hydrogen-bond donors (Lipinski definition) is 0. The molecule has 0 N–H and O–H groups in total. The van der Waals surface area contributed by atoms with Gasteiger partial charge in [0.05, 0.1) is 0 Å². The first-order valence-electron chi connectivity index (χ1n) is 4.90. The summed E-state index contributed by atoms with van der Waals surface area (Å²) in [6.45, 7) is 12.7. The van der Waals surface area contributed by atoms with Crippen molar-refractivity contribution >= 4 is 8.32 Å². The Kier molecular flexibility index (Phi) is 4.60. The van der Waals surface area contributed by atoms with Crippen molar-refractivity contribution in [2.45, 2.75) is 58.2 Å². The Hall–Kier alpha value is -0.383. The molecule has 0 unspecified atom stereocenters. The van der Waals surface area contributed by atoms with Crippen LogP contribution in [0.4, 0.5) is 0 Å². The molecule has 0 aromatic carbocycles. The molecule has 0 rings (SSSR count). The third kappa shape index (κ3) is 2.30. The monoisotopic (exact) mass is 203 g/mol. The summed E-state index contributed by atoms with van der Waals surface area (Å²) >= 11 is 0. The largest absolute Gasteiger partial charge is 0.423 e. The third-order valence-electron chi connectivity index (χ3n) is 2.90. The molecule has 0 aliphatic heterocycles. The Bertz CT molecular complexity index is 147. The van der Waals surface area contributed by atoms with Gasteiger partial charge in [-0.15, -0.1) is 4.91 Å². The molecule has 0 radical (unpaired) electrons. The topological polar surface area (TPSA) is 38.7 Å². The molecule has 13 heavy (non-hydrogen) atoms. The lowest BCUT2D eigenvalue weighted by Crippen LogP contribution is -2.46. The molecule has 0 aliphatic rings. The van der Waals surface area contributed by atoms with Crippen LogP contribution in [-0.4, -0.2) is 8.32 Å². The zero-order valence-corrected chi connectivity index (χ0v) is 10.5. The molecule has 0 saturated heterocycles. The highest BCUT2D eigenvalue weighted by atomic mass is 28.4. The van der Waals surface area contributed by atoms with E-state index in [4.69, 9.17) is 4.53 Å². The van der Waals surface area contributed by atoms with Gasteiger partial charge in [0.1, 0.15) is 5.34 Å². The van der Waals surface area contributed by atoms with E-state index < -0.39 is 8.32 Å². The summed E-state index contributed by atoms with van der Waals surface area (Å²) in [5.74, 6) is 0. The second-order valence-electron chi connectivity index (χ2n) is 4.48. The predicted octanol–water partition coefficient (Wildman–Crippen LogP) is 3.86. The van der Waals surface area contributed by atoms with Gasteiger partial charge >= 0.3 is 0 Å². The SMILES string of the molecule is CC(C)[Si](ON=O)(C(C)C)C(C)C. The van der Waals surface area contributed by atoms with Gasteiger partial charge in [-0.25, -0.2) is 0 Å². The lowest BCUT2D eigenvalue weighted by molar-refractivity contribution is 0.291. The quantitative estimate of drug-likeness (QED) is 0.386. The second-order valence-corrected chi connectivity index (χ2v) is 9.84. The smallest absolute Gasteiger partial charge is 0.299 e. The molecule has 0 aromatic rings. The van der Waals surface area contributed by atoms with Crippen molar-refractivity contribution in [3.63, 3.8) is 0 Å². The van der Waals surface area contributed by atoms with E-state index in [0.717, 1.165) is 0 Å². The number of rotatable bonds is 5. The van der Waals surface area contributed by atoms with Crippen molar-refractivity contribution in [1.82, 2.24) is 0 Å². The van der Waals surface area contributed by atoms with E-state index in [1.807, 2.05) is 0 Å². The van der Waals surface area contributed by atoms with Crippen LogP contribution in [0.15, 0.2) is 5.34 Å². The van der Waals surface area contributed by atoms with Gasteiger partial charge in [-0.3, -0.25) is 0 Å². The third-order valence-corrected chi connectivity index (χ3v) is 8.71. The summed E-state index contributed by atoms with van der Waals surface area (Å²) in [6, 6.07) is 0. The van der Waals surface area contributed by atoms with Crippen LogP contribution < -0.4 is 0 Å². The van der Waals surface area contributed by atoms with Crippen molar-refractivity contribution in [3.8, 4) is 0 Å². The van der Waals surface area contributed by atoms with Gasteiger partial charge in [-0.1, -0.05) is 41.5 Å². The normalized spacial score (nSPS) is 12.7. The summed E-state index contributed by atoms with van der Waals surface area (Å²) in [7, 11) is -2.01. The highest BCUT2D eigenvalue weighted by Crippen LogP contribution is 2.42.